The molecule has 0 unspecified atom stereocenters. The van der Waals surface area contributed by atoms with Crippen molar-refractivity contribution in [2.45, 2.75) is 19.4 Å². The minimum atomic E-state index is 0.915. The molecule has 0 spiro atoms. The van der Waals surface area contributed by atoms with Crippen LogP contribution in [-0.4, -0.2) is 25.5 Å². The number of unbranched alkanes of at least 4 members (excludes halogenated alkanes) is 1. The lowest BCUT2D eigenvalue weighted by Crippen LogP contribution is -1.98. The number of aromatic nitrogens is 4. The summed E-state index contributed by atoms with van der Waals surface area (Å²) in [7, 11) is 0. The number of nitrogens with zero attached hydrogens (tertiary/aromatic N) is 4. The highest BCUT2D eigenvalue weighted by atomic mass is 79.9. The van der Waals surface area contributed by atoms with Gasteiger partial charge in [-0.25, -0.2) is 4.68 Å². The molecule has 0 N–H and O–H groups in total. The van der Waals surface area contributed by atoms with Gasteiger partial charge in [-0.15, -0.1) is 5.10 Å². The zero-order valence-electron chi connectivity index (χ0n) is 5.57. The smallest absolute Gasteiger partial charge is 0.138 e. The van der Waals surface area contributed by atoms with Gasteiger partial charge in [0.1, 0.15) is 6.33 Å². The van der Waals surface area contributed by atoms with E-state index in [1.807, 2.05) is 0 Å². The van der Waals surface area contributed by atoms with E-state index in [0.717, 1.165) is 18.3 Å². The van der Waals surface area contributed by atoms with Crippen LogP contribution >= 0.6 is 15.9 Å². The fraction of sp³-hybridized carbons (Fsp3) is 0.800. The van der Waals surface area contributed by atoms with Crippen LogP contribution in [0.3, 0.4) is 0 Å². The van der Waals surface area contributed by atoms with Crippen LogP contribution in [-0.2, 0) is 6.54 Å². The summed E-state index contributed by atoms with van der Waals surface area (Å²) in [4.78, 5) is 0. The lowest BCUT2D eigenvalue weighted by atomic mass is 10.3. The Morgan fingerprint density at radius 1 is 1.40 bits per heavy atom. The van der Waals surface area contributed by atoms with E-state index in [9.17, 15) is 0 Å². The van der Waals surface area contributed by atoms with Gasteiger partial charge in [-0.05, 0) is 23.3 Å². The highest BCUT2D eigenvalue weighted by Gasteiger charge is 1.90. The van der Waals surface area contributed by atoms with E-state index in [1.54, 1.807) is 11.0 Å². The summed E-state index contributed by atoms with van der Waals surface area (Å²) in [5.74, 6) is 0. The highest BCUT2D eigenvalue weighted by Crippen LogP contribution is 1.95. The van der Waals surface area contributed by atoms with Gasteiger partial charge in [0.2, 0.25) is 0 Å². The van der Waals surface area contributed by atoms with Crippen LogP contribution in [0.15, 0.2) is 6.33 Å². The van der Waals surface area contributed by atoms with Crippen molar-refractivity contribution in [2.24, 2.45) is 0 Å². The van der Waals surface area contributed by atoms with E-state index in [0.29, 0.717) is 0 Å². The Labute approximate surface area is 67.7 Å². The molecule has 0 aliphatic rings. The van der Waals surface area contributed by atoms with Crippen LogP contribution in [0.4, 0.5) is 0 Å². The van der Waals surface area contributed by atoms with Gasteiger partial charge in [0.15, 0.2) is 0 Å². The summed E-state index contributed by atoms with van der Waals surface area (Å²) in [5.41, 5.74) is 0. The fourth-order valence-electron chi connectivity index (χ4n) is 0.651. The summed E-state index contributed by atoms with van der Waals surface area (Å²) >= 11 is 3.35. The first-order chi connectivity index (χ1) is 4.93. The Morgan fingerprint density at radius 2 is 2.30 bits per heavy atom. The molecule has 0 saturated heterocycles. The standard InChI is InChI=1S/C5H9BrN4/c6-3-1-2-4-10-5-7-8-9-10/h5H,1-4H2. The van der Waals surface area contributed by atoms with Gasteiger partial charge in [-0.3, -0.25) is 0 Å². The van der Waals surface area contributed by atoms with Gasteiger partial charge < -0.3 is 0 Å². The molecule has 1 rings (SSSR count). The molecule has 0 radical (unpaired) electrons. The van der Waals surface area contributed by atoms with Crippen LogP contribution in [0, 0.1) is 0 Å². The Hall–Kier alpha value is -0.450. The number of hydrogen-bond donors (Lipinski definition) is 0. The second-order valence-corrected chi connectivity index (χ2v) is 2.76. The van der Waals surface area contributed by atoms with Crippen LogP contribution in [0.2, 0.25) is 0 Å². The van der Waals surface area contributed by atoms with Gasteiger partial charge in [-0.1, -0.05) is 15.9 Å². The first-order valence-electron chi connectivity index (χ1n) is 3.20. The second-order valence-electron chi connectivity index (χ2n) is 1.97. The SMILES string of the molecule is BrCCCCn1cnnn1. The zero-order valence-corrected chi connectivity index (χ0v) is 7.16. The Bertz CT molecular complexity index is 162. The van der Waals surface area contributed by atoms with E-state index >= 15 is 0 Å². The molecule has 0 fully saturated rings. The molecule has 1 aromatic heterocycles. The van der Waals surface area contributed by atoms with Gasteiger partial charge in [-0.2, -0.15) is 0 Å². The first kappa shape index (κ1) is 7.65. The number of tetrazole rings is 1. The van der Waals surface area contributed by atoms with Gasteiger partial charge in [0.25, 0.3) is 0 Å². The molecule has 1 heterocycles. The molecule has 0 bridgehead atoms. The summed E-state index contributed by atoms with van der Waals surface area (Å²) in [6.07, 6.45) is 3.92. The molecule has 0 aliphatic heterocycles. The monoisotopic (exact) mass is 204 g/mol. The third kappa shape index (κ3) is 2.43. The average molecular weight is 205 g/mol. The molecule has 0 aromatic carbocycles. The van der Waals surface area contributed by atoms with Crippen molar-refractivity contribution in [3.05, 3.63) is 6.33 Å². The molecular weight excluding hydrogens is 196 g/mol. The molecular formula is C5H9BrN4. The van der Waals surface area contributed by atoms with Crippen molar-refractivity contribution in [1.29, 1.82) is 0 Å². The maximum absolute atomic E-state index is 3.73. The summed E-state index contributed by atoms with van der Waals surface area (Å²) < 4.78 is 1.74. The average Bonchev–Trinajstić information content (AvgIpc) is 2.41. The molecule has 1 aromatic rings. The topological polar surface area (TPSA) is 43.6 Å². The minimum Gasteiger partial charge on any atom is -0.233 e. The van der Waals surface area contributed by atoms with Crippen molar-refractivity contribution in [2.75, 3.05) is 5.33 Å². The highest BCUT2D eigenvalue weighted by molar-refractivity contribution is 9.09. The summed E-state index contributed by atoms with van der Waals surface area (Å²) in [6, 6.07) is 0. The van der Waals surface area contributed by atoms with Crippen LogP contribution in [0.1, 0.15) is 12.8 Å². The predicted octanol–water partition coefficient (Wildman–Crippen LogP) is 0.848. The molecule has 0 amide bonds. The predicted molar refractivity (Wildman–Crippen MR) is 40.8 cm³/mol. The minimum absolute atomic E-state index is 0.915. The van der Waals surface area contributed by atoms with E-state index < -0.39 is 0 Å². The van der Waals surface area contributed by atoms with Gasteiger partial charge in [0, 0.05) is 11.9 Å². The van der Waals surface area contributed by atoms with E-state index in [1.165, 1.54) is 6.42 Å². The fourth-order valence-corrected chi connectivity index (χ4v) is 1.05. The lowest BCUT2D eigenvalue weighted by Gasteiger charge is -1.94. The van der Waals surface area contributed by atoms with E-state index in [2.05, 4.69) is 31.5 Å². The second kappa shape index (κ2) is 4.38. The van der Waals surface area contributed by atoms with Crippen LogP contribution < -0.4 is 0 Å². The molecule has 10 heavy (non-hydrogen) atoms. The molecule has 0 atom stereocenters. The lowest BCUT2D eigenvalue weighted by molar-refractivity contribution is 0.555. The third-order valence-corrected chi connectivity index (χ3v) is 1.72. The molecule has 0 aliphatic carbocycles. The number of alkyl halides is 1. The molecule has 5 heteroatoms. The zero-order chi connectivity index (χ0) is 7.23. The van der Waals surface area contributed by atoms with Crippen LogP contribution in [0.5, 0.6) is 0 Å². The summed E-state index contributed by atoms with van der Waals surface area (Å²) in [5, 5.41) is 11.8. The number of aryl methyl sites for hydroxylation is 1. The van der Waals surface area contributed by atoms with Crippen molar-refractivity contribution < 1.29 is 0 Å². The largest absolute Gasteiger partial charge is 0.233 e. The summed E-state index contributed by atoms with van der Waals surface area (Å²) in [6.45, 7) is 0.915. The normalized spacial score (nSPS) is 10.1. The first-order valence-corrected chi connectivity index (χ1v) is 4.32. The Morgan fingerprint density at radius 3 is 2.90 bits per heavy atom. The van der Waals surface area contributed by atoms with Crippen molar-refractivity contribution >= 4 is 15.9 Å². The van der Waals surface area contributed by atoms with Crippen molar-refractivity contribution in [3.63, 3.8) is 0 Å². The van der Waals surface area contributed by atoms with Gasteiger partial charge >= 0.3 is 0 Å². The molecule has 0 saturated carbocycles. The number of halogens is 1. The Balaban J connectivity index is 2.15. The maximum atomic E-state index is 3.73. The van der Waals surface area contributed by atoms with Crippen LogP contribution in [0.25, 0.3) is 0 Å². The van der Waals surface area contributed by atoms with Gasteiger partial charge in [0.05, 0.1) is 0 Å². The van der Waals surface area contributed by atoms with E-state index in [-0.39, 0.29) is 0 Å². The maximum Gasteiger partial charge on any atom is 0.138 e. The Kier molecular flexibility index (Phi) is 3.35. The molecule has 4 nitrogen and oxygen atoms in total. The third-order valence-electron chi connectivity index (χ3n) is 1.16. The number of rotatable bonds is 4. The molecule has 56 valence electrons. The van der Waals surface area contributed by atoms with E-state index in [4.69, 9.17) is 0 Å². The van der Waals surface area contributed by atoms with Crippen molar-refractivity contribution in [3.8, 4) is 0 Å². The van der Waals surface area contributed by atoms with Crippen molar-refractivity contribution in [1.82, 2.24) is 20.2 Å². The quantitative estimate of drug-likeness (QED) is 0.540. The number of hydrogen-bond acceptors (Lipinski definition) is 3.